The van der Waals surface area contributed by atoms with Crippen molar-refractivity contribution in [3.8, 4) is 0 Å². The zero-order chi connectivity index (χ0) is 24.0. The third kappa shape index (κ3) is 5.87. The third-order valence-corrected chi connectivity index (χ3v) is 5.41. The van der Waals surface area contributed by atoms with Crippen LogP contribution >= 0.6 is 0 Å². The second-order valence-electron chi connectivity index (χ2n) is 8.26. The average molecular weight is 454 g/mol. The molecule has 0 unspecified atom stereocenters. The van der Waals surface area contributed by atoms with Crippen LogP contribution in [0.4, 0.5) is 16.3 Å². The molecule has 0 fully saturated rings. The van der Waals surface area contributed by atoms with Crippen LogP contribution in [0.2, 0.25) is 0 Å². The second-order valence-corrected chi connectivity index (χ2v) is 8.26. The van der Waals surface area contributed by atoms with E-state index in [-0.39, 0.29) is 17.7 Å². The van der Waals surface area contributed by atoms with Crippen LogP contribution in [0.1, 0.15) is 33.3 Å². The number of rotatable bonds is 8. The quantitative estimate of drug-likeness (QED) is 0.567. The molecular formula is C24H31N5O4. The molecule has 3 N–H and O–H groups in total. The van der Waals surface area contributed by atoms with Crippen LogP contribution in [-0.4, -0.2) is 47.7 Å². The van der Waals surface area contributed by atoms with Crippen LogP contribution in [0.3, 0.4) is 0 Å². The summed E-state index contributed by atoms with van der Waals surface area (Å²) < 4.78 is 5.64. The zero-order valence-electron chi connectivity index (χ0n) is 19.4. The van der Waals surface area contributed by atoms with E-state index in [9.17, 15) is 14.4 Å². The number of benzene rings is 1. The predicted octanol–water partition coefficient (Wildman–Crippen LogP) is 2.68. The molecular weight excluding hydrogens is 422 g/mol. The van der Waals surface area contributed by atoms with Gasteiger partial charge in [-0.1, -0.05) is 45.0 Å². The summed E-state index contributed by atoms with van der Waals surface area (Å²) in [5, 5.41) is 8.56. The smallest absolute Gasteiger partial charge is 0.413 e. The summed E-state index contributed by atoms with van der Waals surface area (Å²) >= 11 is 0. The standard InChI is InChI=1S/C24H31N5O4/c1-5-25-16(4)22(30)28-20(15(2)3)23(31)29-19(14-17-10-9-13-26-21(17)29)33-24(32)27-18-11-7-6-8-12-18/h6-13,15-16,19-20,25H,5,14H2,1-4H3,(H,27,32)(H,28,30)/t16-,19-,20-/m0/s1. The van der Waals surface area contributed by atoms with Crippen LogP contribution in [0.5, 0.6) is 0 Å². The molecule has 1 aromatic carbocycles. The molecule has 1 aliphatic rings. The predicted molar refractivity (Wildman–Crippen MR) is 126 cm³/mol. The maximum Gasteiger partial charge on any atom is 0.413 e. The number of para-hydroxylation sites is 1. The fourth-order valence-electron chi connectivity index (χ4n) is 3.70. The van der Waals surface area contributed by atoms with Gasteiger partial charge in [0.25, 0.3) is 5.91 Å². The molecule has 9 nitrogen and oxygen atoms in total. The van der Waals surface area contributed by atoms with Gasteiger partial charge < -0.3 is 15.4 Å². The van der Waals surface area contributed by atoms with Gasteiger partial charge in [-0.15, -0.1) is 0 Å². The molecule has 1 aliphatic heterocycles. The number of aromatic nitrogens is 1. The number of nitrogens with zero attached hydrogens (tertiary/aromatic N) is 2. The van der Waals surface area contributed by atoms with Crippen LogP contribution in [0.15, 0.2) is 48.7 Å². The molecule has 0 radical (unpaired) electrons. The molecule has 2 heterocycles. The highest BCUT2D eigenvalue weighted by Gasteiger charge is 2.41. The first-order valence-corrected chi connectivity index (χ1v) is 11.1. The van der Waals surface area contributed by atoms with Gasteiger partial charge in [-0.25, -0.2) is 9.78 Å². The first kappa shape index (κ1) is 24.2. The number of anilines is 2. The third-order valence-electron chi connectivity index (χ3n) is 5.41. The van der Waals surface area contributed by atoms with Crippen LogP contribution in [0.25, 0.3) is 0 Å². The van der Waals surface area contributed by atoms with Gasteiger partial charge in [0.2, 0.25) is 5.91 Å². The van der Waals surface area contributed by atoms with E-state index in [0.717, 1.165) is 5.56 Å². The second kappa shape index (κ2) is 10.9. The van der Waals surface area contributed by atoms with Crippen LogP contribution in [0, 0.1) is 5.92 Å². The maximum absolute atomic E-state index is 13.7. The van der Waals surface area contributed by atoms with Crippen molar-refractivity contribution in [1.82, 2.24) is 15.6 Å². The number of amides is 3. The summed E-state index contributed by atoms with van der Waals surface area (Å²) in [5.41, 5.74) is 1.37. The van der Waals surface area contributed by atoms with E-state index in [1.165, 1.54) is 4.90 Å². The fraction of sp³-hybridized carbons (Fsp3) is 0.417. The molecule has 0 saturated carbocycles. The van der Waals surface area contributed by atoms with E-state index in [1.807, 2.05) is 32.9 Å². The highest BCUT2D eigenvalue weighted by atomic mass is 16.6. The van der Waals surface area contributed by atoms with E-state index in [2.05, 4.69) is 20.9 Å². The van der Waals surface area contributed by atoms with E-state index < -0.39 is 24.4 Å². The molecule has 9 heteroatoms. The fourth-order valence-corrected chi connectivity index (χ4v) is 3.70. The van der Waals surface area contributed by atoms with Crippen molar-refractivity contribution in [2.24, 2.45) is 5.92 Å². The minimum Gasteiger partial charge on any atom is -0.424 e. The lowest BCUT2D eigenvalue weighted by Crippen LogP contribution is -2.57. The van der Waals surface area contributed by atoms with Crippen molar-refractivity contribution in [3.05, 3.63) is 54.2 Å². The zero-order valence-corrected chi connectivity index (χ0v) is 19.4. The SMILES string of the molecule is CCN[C@@H](C)C(=O)N[C@H](C(=O)N1c2ncccc2C[C@@H]1OC(=O)Nc1ccccc1)C(C)C. The number of hydrogen-bond acceptors (Lipinski definition) is 6. The monoisotopic (exact) mass is 453 g/mol. The first-order valence-electron chi connectivity index (χ1n) is 11.1. The number of hydrogen-bond donors (Lipinski definition) is 3. The molecule has 3 rings (SSSR count). The Kier molecular flexibility index (Phi) is 8.00. The molecule has 33 heavy (non-hydrogen) atoms. The summed E-state index contributed by atoms with van der Waals surface area (Å²) in [4.78, 5) is 44.6. The lowest BCUT2D eigenvalue weighted by molar-refractivity contribution is -0.130. The van der Waals surface area contributed by atoms with E-state index in [1.54, 1.807) is 43.5 Å². The minimum atomic E-state index is -0.879. The number of nitrogens with one attached hydrogen (secondary N) is 3. The minimum absolute atomic E-state index is 0.193. The van der Waals surface area contributed by atoms with Crippen molar-refractivity contribution in [2.75, 3.05) is 16.8 Å². The maximum atomic E-state index is 13.7. The number of carbonyl (C=O) groups excluding carboxylic acids is 3. The summed E-state index contributed by atoms with van der Waals surface area (Å²) in [6.07, 6.45) is 0.337. The van der Waals surface area contributed by atoms with Gasteiger partial charge in [0.15, 0.2) is 6.23 Å². The van der Waals surface area contributed by atoms with Crippen molar-refractivity contribution in [3.63, 3.8) is 0 Å². The molecule has 3 amide bonds. The van der Waals surface area contributed by atoms with Crippen molar-refractivity contribution < 1.29 is 19.1 Å². The first-order chi connectivity index (χ1) is 15.8. The summed E-state index contributed by atoms with van der Waals surface area (Å²) in [6.45, 7) is 7.99. The molecule has 0 aliphatic carbocycles. The highest BCUT2D eigenvalue weighted by molar-refractivity contribution is 6.01. The van der Waals surface area contributed by atoms with Crippen LogP contribution in [-0.2, 0) is 20.7 Å². The Morgan fingerprint density at radius 3 is 2.52 bits per heavy atom. The van der Waals surface area contributed by atoms with Gasteiger partial charge in [0, 0.05) is 23.9 Å². The average Bonchev–Trinajstić information content (AvgIpc) is 3.15. The highest BCUT2D eigenvalue weighted by Crippen LogP contribution is 2.32. The Labute approximate surface area is 193 Å². The lowest BCUT2D eigenvalue weighted by atomic mass is 10.0. The van der Waals surface area contributed by atoms with Crippen LogP contribution < -0.4 is 20.9 Å². The normalized spacial score (nSPS) is 16.6. The molecule has 2 aromatic rings. The van der Waals surface area contributed by atoms with E-state index >= 15 is 0 Å². The molecule has 0 spiro atoms. The largest absolute Gasteiger partial charge is 0.424 e. The Balaban J connectivity index is 1.81. The Bertz CT molecular complexity index is 982. The number of pyridine rings is 1. The molecule has 0 saturated heterocycles. The molecule has 1 aromatic heterocycles. The van der Waals surface area contributed by atoms with Crippen molar-refractivity contribution >= 4 is 29.4 Å². The molecule has 0 bridgehead atoms. The lowest BCUT2D eigenvalue weighted by Gasteiger charge is -2.31. The number of ether oxygens (including phenoxy) is 1. The summed E-state index contributed by atoms with van der Waals surface area (Å²) in [5.74, 6) is -0.415. The van der Waals surface area contributed by atoms with Crippen molar-refractivity contribution in [2.45, 2.75) is 52.4 Å². The number of likely N-dealkylation sites (N-methyl/N-ethyl adjacent to an activating group) is 1. The summed E-state index contributed by atoms with van der Waals surface area (Å²) in [7, 11) is 0. The van der Waals surface area contributed by atoms with E-state index in [4.69, 9.17) is 4.74 Å². The Morgan fingerprint density at radius 1 is 1.12 bits per heavy atom. The van der Waals surface area contributed by atoms with E-state index in [0.29, 0.717) is 24.5 Å². The van der Waals surface area contributed by atoms with Gasteiger partial charge >= 0.3 is 6.09 Å². The summed E-state index contributed by atoms with van der Waals surface area (Å²) in [6, 6.07) is 11.3. The van der Waals surface area contributed by atoms with Gasteiger partial charge in [0.05, 0.1) is 6.04 Å². The van der Waals surface area contributed by atoms with Gasteiger partial charge in [-0.2, -0.15) is 0 Å². The number of carbonyl (C=O) groups is 3. The topological polar surface area (TPSA) is 113 Å². The Morgan fingerprint density at radius 2 is 1.85 bits per heavy atom. The van der Waals surface area contributed by atoms with Gasteiger partial charge in [0.1, 0.15) is 11.9 Å². The van der Waals surface area contributed by atoms with Gasteiger partial charge in [-0.3, -0.25) is 19.8 Å². The molecule has 176 valence electrons. The number of fused-ring (bicyclic) bond motifs is 1. The van der Waals surface area contributed by atoms with Gasteiger partial charge in [-0.05, 0) is 37.6 Å². The molecule has 3 atom stereocenters. The Hall–Kier alpha value is -3.46. The van der Waals surface area contributed by atoms with Crippen molar-refractivity contribution in [1.29, 1.82) is 0 Å².